The second-order valence-electron chi connectivity index (χ2n) is 4.16. The zero-order chi connectivity index (χ0) is 12.6. The number of aliphatic imine (C=N–C) groups is 1. The van der Waals surface area contributed by atoms with Crippen molar-refractivity contribution in [3.63, 3.8) is 0 Å². The van der Waals surface area contributed by atoms with Crippen LogP contribution in [0, 0.1) is 0 Å². The molecular formula is C13H27AlN2. The van der Waals surface area contributed by atoms with Gasteiger partial charge in [-0.3, -0.25) is 4.99 Å². The molecule has 0 heterocycles. The van der Waals surface area contributed by atoms with Crippen molar-refractivity contribution in [3.8, 4) is 0 Å². The summed E-state index contributed by atoms with van der Waals surface area (Å²) in [6, 6.07) is 0. The first-order valence-electron chi connectivity index (χ1n) is 6.56. The summed E-state index contributed by atoms with van der Waals surface area (Å²) < 4.78 is 2.62. The van der Waals surface area contributed by atoms with Gasteiger partial charge in [0.05, 0.1) is 0 Å². The molecule has 0 aliphatic carbocycles. The third kappa shape index (κ3) is 5.19. The number of nitrogens with zero attached hydrogens (tertiary/aromatic N) is 2. The van der Waals surface area contributed by atoms with Crippen LogP contribution in [-0.4, -0.2) is 37.1 Å². The molecule has 2 nitrogen and oxygen atoms in total. The smallest absolute Gasteiger partial charge is 0.413 e. The minimum atomic E-state index is -0.734. The molecule has 0 radical (unpaired) electrons. The van der Waals surface area contributed by atoms with E-state index in [9.17, 15) is 0 Å². The Labute approximate surface area is 106 Å². The first kappa shape index (κ1) is 15.7. The molecule has 0 aliphatic rings. The fourth-order valence-electron chi connectivity index (χ4n) is 2.21. The fourth-order valence-corrected chi connectivity index (χ4v) is 4.83. The molecule has 92 valence electrons. The number of rotatable bonds is 7. The van der Waals surface area contributed by atoms with Gasteiger partial charge in [-0.25, -0.2) is 0 Å². The molecule has 16 heavy (non-hydrogen) atoms. The number of hydrogen-bond donors (Lipinski definition) is 0. The molecule has 0 spiro atoms. The van der Waals surface area contributed by atoms with Crippen LogP contribution >= 0.6 is 0 Å². The quantitative estimate of drug-likeness (QED) is 0.487. The third-order valence-corrected chi connectivity index (χ3v) is 6.54. The van der Waals surface area contributed by atoms with Crippen molar-refractivity contribution in [2.45, 2.75) is 52.1 Å². The van der Waals surface area contributed by atoms with Crippen LogP contribution in [0.15, 0.2) is 16.8 Å². The second-order valence-corrected chi connectivity index (χ2v) is 7.72. The van der Waals surface area contributed by atoms with Crippen molar-refractivity contribution < 1.29 is 0 Å². The summed E-state index contributed by atoms with van der Waals surface area (Å²) in [5.41, 5.74) is 2.55. The van der Waals surface area contributed by atoms with Crippen molar-refractivity contribution in [3.05, 3.63) is 11.8 Å². The van der Waals surface area contributed by atoms with E-state index < -0.39 is 14.4 Å². The molecule has 0 aliphatic heterocycles. The Hall–Kier alpha value is -0.258. The molecule has 0 rings (SSSR count). The predicted molar refractivity (Wildman–Crippen MR) is 76.5 cm³/mol. The summed E-state index contributed by atoms with van der Waals surface area (Å²) >= 11 is -0.734. The van der Waals surface area contributed by atoms with Gasteiger partial charge >= 0.3 is 14.4 Å². The Morgan fingerprint density at radius 3 is 2.06 bits per heavy atom. The van der Waals surface area contributed by atoms with Gasteiger partial charge < -0.3 is 3.88 Å². The van der Waals surface area contributed by atoms with E-state index in [1.54, 1.807) is 0 Å². The highest BCUT2D eigenvalue weighted by Gasteiger charge is 2.21. The summed E-state index contributed by atoms with van der Waals surface area (Å²) in [4.78, 5) is 4.42. The van der Waals surface area contributed by atoms with Crippen LogP contribution in [0.25, 0.3) is 0 Å². The summed E-state index contributed by atoms with van der Waals surface area (Å²) in [5, 5.41) is 2.69. The van der Waals surface area contributed by atoms with Crippen molar-refractivity contribution in [1.82, 2.24) is 3.88 Å². The van der Waals surface area contributed by atoms with Crippen LogP contribution in [0.5, 0.6) is 0 Å². The lowest BCUT2D eigenvalue weighted by molar-refractivity contribution is 0.554. The lowest BCUT2D eigenvalue weighted by Gasteiger charge is -2.29. The summed E-state index contributed by atoms with van der Waals surface area (Å²) in [6.45, 7) is 15.3. The van der Waals surface area contributed by atoms with Gasteiger partial charge in [0.25, 0.3) is 0 Å². The van der Waals surface area contributed by atoms with E-state index in [2.05, 4.69) is 56.5 Å². The maximum atomic E-state index is 4.42. The molecule has 0 unspecified atom stereocenters. The molecule has 0 aromatic rings. The highest BCUT2D eigenvalue weighted by Crippen LogP contribution is 2.12. The average Bonchev–Trinajstić information content (AvgIpc) is 2.25. The predicted octanol–water partition coefficient (Wildman–Crippen LogP) is 3.72. The van der Waals surface area contributed by atoms with Gasteiger partial charge in [-0.1, -0.05) is 24.4 Å². The SMILES string of the molecule is CCN=C(C)/C=C(/C)[N](CC)[Al]([CH2]C)[CH2]C. The molecule has 0 amide bonds. The van der Waals surface area contributed by atoms with Crippen molar-refractivity contribution in [2.75, 3.05) is 13.1 Å². The Morgan fingerprint density at radius 2 is 1.69 bits per heavy atom. The maximum Gasteiger partial charge on any atom is 0.413 e. The Balaban J connectivity index is 4.75. The lowest BCUT2D eigenvalue weighted by Crippen LogP contribution is -2.36. The first-order valence-corrected chi connectivity index (χ1v) is 8.71. The van der Waals surface area contributed by atoms with E-state index in [0.29, 0.717) is 0 Å². The van der Waals surface area contributed by atoms with E-state index >= 15 is 0 Å². The van der Waals surface area contributed by atoms with Crippen LogP contribution in [0.2, 0.25) is 10.6 Å². The summed E-state index contributed by atoms with van der Waals surface area (Å²) in [5.74, 6) is 0. The largest absolute Gasteiger partial charge is 0.467 e. The van der Waals surface area contributed by atoms with Gasteiger partial charge in [0, 0.05) is 12.3 Å². The molecule has 0 aromatic heterocycles. The van der Waals surface area contributed by atoms with E-state index in [1.165, 1.54) is 16.3 Å². The summed E-state index contributed by atoms with van der Waals surface area (Å²) in [7, 11) is 0. The Kier molecular flexibility index (Phi) is 8.70. The van der Waals surface area contributed by atoms with Crippen LogP contribution in [0.3, 0.4) is 0 Å². The van der Waals surface area contributed by atoms with Crippen molar-refractivity contribution in [2.24, 2.45) is 4.99 Å². The molecule has 0 N–H and O–H groups in total. The zero-order valence-corrected chi connectivity index (χ0v) is 13.0. The Bertz CT molecular complexity index is 242. The zero-order valence-electron chi connectivity index (χ0n) is 11.9. The van der Waals surface area contributed by atoms with Gasteiger partial charge in [-0.2, -0.15) is 0 Å². The van der Waals surface area contributed by atoms with Crippen molar-refractivity contribution >= 4 is 20.1 Å². The molecule has 3 heteroatoms. The Morgan fingerprint density at radius 1 is 1.12 bits per heavy atom. The standard InChI is InChI=1S/C9H17N2.2C2H5.Al/c1-5-10-8(3)7-9(4)11-6-2;2*1-2;/h7H,5-6H2,1-4H3;2*1H2,2H3;/q-1;;;+1/b8-7-,11-9?;;;. The third-order valence-electron chi connectivity index (χ3n) is 3.00. The maximum absolute atomic E-state index is 4.42. The monoisotopic (exact) mass is 238 g/mol. The molecular weight excluding hydrogens is 211 g/mol. The van der Waals surface area contributed by atoms with Crippen LogP contribution in [0.4, 0.5) is 0 Å². The van der Waals surface area contributed by atoms with Crippen LogP contribution in [-0.2, 0) is 0 Å². The molecule has 0 saturated heterocycles. The minimum Gasteiger partial charge on any atom is -0.467 e. The van der Waals surface area contributed by atoms with Gasteiger partial charge in [0.2, 0.25) is 0 Å². The summed E-state index contributed by atoms with van der Waals surface area (Å²) in [6.07, 6.45) is 2.23. The minimum absolute atomic E-state index is 0.734. The van der Waals surface area contributed by atoms with Gasteiger partial charge in [-0.05, 0) is 46.0 Å². The van der Waals surface area contributed by atoms with Gasteiger partial charge in [0.1, 0.15) is 0 Å². The van der Waals surface area contributed by atoms with E-state index in [4.69, 9.17) is 0 Å². The highest BCUT2D eigenvalue weighted by molar-refractivity contribution is 6.56. The highest BCUT2D eigenvalue weighted by atomic mass is 27.2. The van der Waals surface area contributed by atoms with Crippen molar-refractivity contribution in [1.29, 1.82) is 0 Å². The molecule has 0 saturated carbocycles. The number of allylic oxidation sites excluding steroid dienone is 2. The van der Waals surface area contributed by atoms with E-state index in [-0.39, 0.29) is 0 Å². The molecule has 0 aromatic carbocycles. The van der Waals surface area contributed by atoms with Gasteiger partial charge in [-0.15, -0.1) is 0 Å². The van der Waals surface area contributed by atoms with E-state index in [0.717, 1.165) is 18.8 Å². The normalized spacial score (nSPS) is 12.9. The molecule has 0 fully saturated rings. The lowest BCUT2D eigenvalue weighted by atomic mass is 10.3. The molecule has 0 bridgehead atoms. The van der Waals surface area contributed by atoms with Crippen LogP contribution < -0.4 is 0 Å². The molecule has 0 atom stereocenters. The van der Waals surface area contributed by atoms with Crippen LogP contribution in [0.1, 0.15) is 41.5 Å². The number of hydrogen-bond acceptors (Lipinski definition) is 2. The van der Waals surface area contributed by atoms with Gasteiger partial charge in [0.15, 0.2) is 0 Å². The second kappa shape index (κ2) is 8.84. The first-order chi connectivity index (χ1) is 7.60. The average molecular weight is 238 g/mol. The topological polar surface area (TPSA) is 15.6 Å². The van der Waals surface area contributed by atoms with E-state index in [1.807, 2.05) is 0 Å². The fraction of sp³-hybridized carbons (Fsp3) is 0.769.